The van der Waals surface area contributed by atoms with Gasteiger partial charge in [0.2, 0.25) is 5.91 Å². The molecule has 1 atom stereocenters. The summed E-state index contributed by atoms with van der Waals surface area (Å²) >= 11 is 0. The van der Waals surface area contributed by atoms with E-state index in [9.17, 15) is 4.79 Å². The van der Waals surface area contributed by atoms with Crippen LogP contribution in [0.5, 0.6) is 0 Å². The Morgan fingerprint density at radius 1 is 1.33 bits per heavy atom. The Morgan fingerprint density at radius 3 is 2.20 bits per heavy atom. The number of rotatable bonds is 5. The van der Waals surface area contributed by atoms with Crippen LogP contribution >= 0.6 is 0 Å². The lowest BCUT2D eigenvalue weighted by Crippen LogP contribution is -2.40. The fraction of sp³-hybridized carbons (Fsp3) is 0.917. The molecule has 1 unspecified atom stereocenters. The molecule has 90 valence electrons. The van der Waals surface area contributed by atoms with Crippen LogP contribution in [-0.4, -0.2) is 18.0 Å². The molecule has 3 heteroatoms. The van der Waals surface area contributed by atoms with Crippen molar-refractivity contribution in [1.29, 1.82) is 0 Å². The van der Waals surface area contributed by atoms with E-state index in [2.05, 4.69) is 19.2 Å². The third-order valence-electron chi connectivity index (χ3n) is 2.50. The third kappa shape index (κ3) is 7.37. The van der Waals surface area contributed by atoms with Crippen LogP contribution < -0.4 is 11.1 Å². The Balaban J connectivity index is 3.89. The molecule has 0 spiro atoms. The summed E-state index contributed by atoms with van der Waals surface area (Å²) in [6.45, 7) is 11.0. The summed E-state index contributed by atoms with van der Waals surface area (Å²) in [5, 5.41) is 2.96. The van der Waals surface area contributed by atoms with Crippen molar-refractivity contribution in [3.05, 3.63) is 0 Å². The van der Waals surface area contributed by atoms with Gasteiger partial charge in [0.1, 0.15) is 0 Å². The van der Waals surface area contributed by atoms with E-state index >= 15 is 0 Å². The zero-order chi connectivity index (χ0) is 12.1. The molecule has 0 bridgehead atoms. The van der Waals surface area contributed by atoms with E-state index in [-0.39, 0.29) is 11.4 Å². The van der Waals surface area contributed by atoms with Crippen molar-refractivity contribution in [2.24, 2.45) is 17.6 Å². The highest BCUT2D eigenvalue weighted by molar-refractivity contribution is 5.76. The summed E-state index contributed by atoms with van der Waals surface area (Å²) in [6.07, 6.45) is 1.47. The molecule has 15 heavy (non-hydrogen) atoms. The summed E-state index contributed by atoms with van der Waals surface area (Å²) in [6, 6.07) is 0. The first-order valence-corrected chi connectivity index (χ1v) is 5.77. The van der Waals surface area contributed by atoms with E-state index in [1.54, 1.807) is 0 Å². The quantitative estimate of drug-likeness (QED) is 0.734. The molecule has 3 nitrogen and oxygen atoms in total. The number of nitrogens with one attached hydrogen (secondary N) is 1. The third-order valence-corrected chi connectivity index (χ3v) is 2.50. The van der Waals surface area contributed by atoms with Gasteiger partial charge in [0, 0.05) is 12.0 Å². The van der Waals surface area contributed by atoms with Crippen molar-refractivity contribution >= 4 is 5.91 Å². The summed E-state index contributed by atoms with van der Waals surface area (Å²) in [7, 11) is 0. The molecule has 0 radical (unpaired) electrons. The van der Waals surface area contributed by atoms with Gasteiger partial charge < -0.3 is 11.1 Å². The van der Waals surface area contributed by atoms with Gasteiger partial charge in [-0.25, -0.2) is 0 Å². The lowest BCUT2D eigenvalue weighted by Gasteiger charge is -2.22. The fourth-order valence-corrected chi connectivity index (χ4v) is 1.52. The first kappa shape index (κ1) is 14.4. The van der Waals surface area contributed by atoms with Gasteiger partial charge in [0.05, 0.1) is 0 Å². The molecular weight excluding hydrogens is 188 g/mol. The maximum Gasteiger partial charge on any atom is 0.220 e. The first-order chi connectivity index (χ1) is 6.76. The molecule has 0 rings (SSSR count). The van der Waals surface area contributed by atoms with E-state index in [0.29, 0.717) is 24.8 Å². The molecule has 0 aliphatic carbocycles. The molecule has 0 aromatic rings. The van der Waals surface area contributed by atoms with E-state index in [0.717, 1.165) is 6.42 Å². The summed E-state index contributed by atoms with van der Waals surface area (Å²) in [5.41, 5.74) is 5.52. The maximum atomic E-state index is 11.5. The molecule has 0 aliphatic heterocycles. The second kappa shape index (κ2) is 6.11. The Kier molecular flexibility index (Phi) is 5.88. The monoisotopic (exact) mass is 214 g/mol. The van der Waals surface area contributed by atoms with Crippen molar-refractivity contribution < 1.29 is 4.79 Å². The molecule has 0 aromatic heterocycles. The van der Waals surface area contributed by atoms with Crippen molar-refractivity contribution in [3.63, 3.8) is 0 Å². The van der Waals surface area contributed by atoms with Gasteiger partial charge in [-0.05, 0) is 45.6 Å². The Labute approximate surface area is 93.8 Å². The fourth-order valence-electron chi connectivity index (χ4n) is 1.52. The van der Waals surface area contributed by atoms with Gasteiger partial charge >= 0.3 is 0 Å². The first-order valence-electron chi connectivity index (χ1n) is 5.77. The minimum atomic E-state index is -0.132. The summed E-state index contributed by atoms with van der Waals surface area (Å²) < 4.78 is 0. The van der Waals surface area contributed by atoms with E-state index in [1.807, 2.05) is 20.8 Å². The molecule has 0 aliphatic rings. The lowest BCUT2D eigenvalue weighted by atomic mass is 9.91. The van der Waals surface area contributed by atoms with Gasteiger partial charge in [-0.1, -0.05) is 13.8 Å². The summed E-state index contributed by atoms with van der Waals surface area (Å²) in [4.78, 5) is 11.5. The smallest absolute Gasteiger partial charge is 0.220 e. The minimum absolute atomic E-state index is 0.126. The van der Waals surface area contributed by atoms with Crippen LogP contribution in [0.2, 0.25) is 0 Å². The maximum absolute atomic E-state index is 11.5. The van der Waals surface area contributed by atoms with Gasteiger partial charge in [0.15, 0.2) is 0 Å². The van der Waals surface area contributed by atoms with Crippen LogP contribution in [0.4, 0.5) is 0 Å². The number of carbonyl (C=O) groups is 1. The van der Waals surface area contributed by atoms with Crippen LogP contribution in [0.25, 0.3) is 0 Å². The van der Waals surface area contributed by atoms with E-state index in [4.69, 9.17) is 5.73 Å². The number of carbonyl (C=O) groups excluding carboxylic acids is 1. The van der Waals surface area contributed by atoms with Crippen LogP contribution in [0.1, 0.15) is 47.5 Å². The standard InChI is InChI=1S/C12H26N2O/c1-9(2)10(8-13)6-7-11(15)14-12(3,4)5/h9-10H,6-8,13H2,1-5H3,(H,14,15). The molecule has 0 saturated carbocycles. The Bertz CT molecular complexity index is 194. The van der Waals surface area contributed by atoms with Crippen LogP contribution in [0.15, 0.2) is 0 Å². The second-order valence-electron chi connectivity index (χ2n) is 5.58. The number of hydrogen-bond acceptors (Lipinski definition) is 2. The number of nitrogens with two attached hydrogens (primary N) is 1. The molecular formula is C12H26N2O. The second-order valence-corrected chi connectivity index (χ2v) is 5.58. The van der Waals surface area contributed by atoms with Crippen molar-refractivity contribution in [2.45, 2.75) is 53.0 Å². The van der Waals surface area contributed by atoms with Gasteiger partial charge in [-0.2, -0.15) is 0 Å². The average Bonchev–Trinajstić information content (AvgIpc) is 2.01. The lowest BCUT2D eigenvalue weighted by molar-refractivity contribution is -0.122. The zero-order valence-corrected chi connectivity index (χ0v) is 10.8. The topological polar surface area (TPSA) is 55.1 Å². The Morgan fingerprint density at radius 2 is 1.87 bits per heavy atom. The Hall–Kier alpha value is -0.570. The van der Waals surface area contributed by atoms with Gasteiger partial charge in [0.25, 0.3) is 0 Å². The largest absolute Gasteiger partial charge is 0.352 e. The molecule has 1 amide bonds. The van der Waals surface area contributed by atoms with Crippen molar-refractivity contribution in [1.82, 2.24) is 5.32 Å². The van der Waals surface area contributed by atoms with Gasteiger partial charge in [-0.3, -0.25) is 4.79 Å². The van der Waals surface area contributed by atoms with E-state index in [1.165, 1.54) is 0 Å². The predicted octanol–water partition coefficient (Wildman–Crippen LogP) is 1.91. The van der Waals surface area contributed by atoms with E-state index < -0.39 is 0 Å². The molecule has 0 fully saturated rings. The average molecular weight is 214 g/mol. The molecule has 0 saturated heterocycles. The predicted molar refractivity (Wildman–Crippen MR) is 64.5 cm³/mol. The molecule has 0 aromatic carbocycles. The van der Waals surface area contributed by atoms with Crippen LogP contribution in [0, 0.1) is 11.8 Å². The SMILES string of the molecule is CC(C)C(CN)CCC(=O)NC(C)(C)C. The summed E-state index contributed by atoms with van der Waals surface area (Å²) in [5.74, 6) is 1.13. The normalized spacial score (nSPS) is 14.1. The van der Waals surface area contributed by atoms with Crippen molar-refractivity contribution in [3.8, 4) is 0 Å². The number of amides is 1. The zero-order valence-electron chi connectivity index (χ0n) is 10.8. The van der Waals surface area contributed by atoms with Crippen LogP contribution in [0.3, 0.4) is 0 Å². The van der Waals surface area contributed by atoms with Crippen molar-refractivity contribution in [2.75, 3.05) is 6.54 Å². The highest BCUT2D eigenvalue weighted by Crippen LogP contribution is 2.15. The van der Waals surface area contributed by atoms with Gasteiger partial charge in [-0.15, -0.1) is 0 Å². The molecule has 0 heterocycles. The minimum Gasteiger partial charge on any atom is -0.352 e. The highest BCUT2D eigenvalue weighted by atomic mass is 16.1. The number of hydrogen-bond donors (Lipinski definition) is 2. The highest BCUT2D eigenvalue weighted by Gasteiger charge is 2.16. The molecule has 3 N–H and O–H groups in total. The van der Waals surface area contributed by atoms with Crippen LogP contribution in [-0.2, 0) is 4.79 Å².